The molecular formula is C25H28ClN5O2. The van der Waals surface area contributed by atoms with Crippen molar-refractivity contribution < 1.29 is 9.47 Å². The van der Waals surface area contributed by atoms with Gasteiger partial charge in [-0.25, -0.2) is 15.0 Å². The van der Waals surface area contributed by atoms with Crippen LogP contribution in [0.2, 0.25) is 5.15 Å². The fourth-order valence-corrected chi connectivity index (χ4v) is 5.92. The number of nitrogens with zero attached hydrogens (tertiary/aromatic N) is 5. The molecule has 4 heterocycles. The van der Waals surface area contributed by atoms with Gasteiger partial charge in [-0.3, -0.25) is 0 Å². The van der Waals surface area contributed by atoms with Gasteiger partial charge in [0.2, 0.25) is 0 Å². The summed E-state index contributed by atoms with van der Waals surface area (Å²) in [7, 11) is 2.03. The van der Waals surface area contributed by atoms with Crippen molar-refractivity contribution in [1.82, 2.24) is 24.1 Å². The second-order valence-corrected chi connectivity index (χ2v) is 10.2. The summed E-state index contributed by atoms with van der Waals surface area (Å²) in [6, 6.07) is 8.76. The molecule has 0 radical (unpaired) electrons. The van der Waals surface area contributed by atoms with Gasteiger partial charge >= 0.3 is 0 Å². The van der Waals surface area contributed by atoms with E-state index in [9.17, 15) is 0 Å². The van der Waals surface area contributed by atoms with Crippen molar-refractivity contribution in [3.63, 3.8) is 0 Å². The number of aryl methyl sites for hydroxylation is 2. The van der Waals surface area contributed by atoms with Gasteiger partial charge in [0.25, 0.3) is 0 Å². The monoisotopic (exact) mass is 465 g/mol. The Kier molecular flexibility index (Phi) is 4.98. The molecule has 3 aromatic heterocycles. The number of hydrogen-bond donors (Lipinski definition) is 0. The molecule has 1 aliphatic carbocycles. The highest BCUT2D eigenvalue weighted by Crippen LogP contribution is 2.49. The summed E-state index contributed by atoms with van der Waals surface area (Å²) >= 11 is 6.30. The van der Waals surface area contributed by atoms with Crippen molar-refractivity contribution in [3.05, 3.63) is 53.8 Å². The third-order valence-electron chi connectivity index (χ3n) is 7.20. The first kappa shape index (κ1) is 21.1. The lowest BCUT2D eigenvalue weighted by Crippen LogP contribution is -2.27. The van der Waals surface area contributed by atoms with E-state index in [0.717, 1.165) is 42.2 Å². The fraction of sp³-hybridized carbons (Fsp3) is 0.480. The molecule has 2 fully saturated rings. The van der Waals surface area contributed by atoms with E-state index in [0.29, 0.717) is 11.1 Å². The zero-order valence-corrected chi connectivity index (χ0v) is 19.9. The molecule has 8 heteroatoms. The molecule has 1 aliphatic heterocycles. The minimum Gasteiger partial charge on any atom is -0.344 e. The second-order valence-electron chi connectivity index (χ2n) is 9.82. The highest BCUT2D eigenvalue weighted by Gasteiger charge is 2.54. The van der Waals surface area contributed by atoms with E-state index >= 15 is 0 Å². The molecule has 0 spiro atoms. The Bertz CT molecular complexity index is 1330. The number of rotatable bonds is 5. The van der Waals surface area contributed by atoms with Crippen LogP contribution in [-0.2, 0) is 22.9 Å². The Morgan fingerprint density at radius 1 is 1.12 bits per heavy atom. The standard InChI is InChI=1S/C25H28ClN5O2/c1-25(2)32-21-16(6-4-5-15-7-8-19-18(11-15)29-14-30(19)3)12-20(22(21)33-25)31-10-9-17-23(26)27-13-28-24(17)31/h7-11,13-14,16,20-22H,4-6,12H2,1-3H3/t16-,20+,21+,22-/m0/s1. The third kappa shape index (κ3) is 3.63. The molecule has 6 rings (SSSR count). The van der Waals surface area contributed by atoms with Crippen LogP contribution >= 0.6 is 11.6 Å². The molecule has 0 amide bonds. The van der Waals surface area contributed by atoms with Crippen molar-refractivity contribution in [1.29, 1.82) is 0 Å². The van der Waals surface area contributed by atoms with Crippen LogP contribution in [0.1, 0.15) is 44.7 Å². The molecule has 7 nitrogen and oxygen atoms in total. The maximum atomic E-state index is 6.41. The van der Waals surface area contributed by atoms with E-state index in [1.165, 1.54) is 17.4 Å². The minimum atomic E-state index is -0.578. The Morgan fingerprint density at radius 2 is 1.97 bits per heavy atom. The predicted molar refractivity (Wildman–Crippen MR) is 127 cm³/mol. The van der Waals surface area contributed by atoms with E-state index in [-0.39, 0.29) is 18.2 Å². The number of fused-ring (bicyclic) bond motifs is 3. The van der Waals surface area contributed by atoms with Gasteiger partial charge in [0, 0.05) is 13.2 Å². The van der Waals surface area contributed by atoms with Gasteiger partial charge < -0.3 is 18.6 Å². The first-order valence-electron chi connectivity index (χ1n) is 11.6. The van der Waals surface area contributed by atoms with Gasteiger partial charge in [-0.2, -0.15) is 0 Å². The Labute approximate surface area is 197 Å². The van der Waals surface area contributed by atoms with Crippen molar-refractivity contribution in [3.8, 4) is 0 Å². The Morgan fingerprint density at radius 3 is 2.85 bits per heavy atom. The lowest BCUT2D eigenvalue weighted by molar-refractivity contribution is -0.160. The molecule has 2 aliphatic rings. The van der Waals surface area contributed by atoms with Crippen molar-refractivity contribution >= 4 is 33.7 Å². The number of imidazole rings is 1. The highest BCUT2D eigenvalue weighted by atomic mass is 35.5. The SMILES string of the molecule is Cn1cnc2cc(CCC[C@H]3C[C@@H](n4ccc5c(Cl)ncnc54)[C@@H]4OC(C)(C)O[C@H]34)ccc21. The zero-order chi connectivity index (χ0) is 22.7. The summed E-state index contributed by atoms with van der Waals surface area (Å²) < 4.78 is 17.1. The van der Waals surface area contributed by atoms with Gasteiger partial charge in [0.15, 0.2) is 5.79 Å². The van der Waals surface area contributed by atoms with E-state index in [2.05, 4.69) is 48.5 Å². The number of benzene rings is 1. The van der Waals surface area contributed by atoms with E-state index < -0.39 is 5.79 Å². The van der Waals surface area contributed by atoms with E-state index in [4.69, 9.17) is 21.1 Å². The third-order valence-corrected chi connectivity index (χ3v) is 7.50. The molecule has 4 atom stereocenters. The number of hydrogen-bond acceptors (Lipinski definition) is 5. The molecule has 1 saturated carbocycles. The van der Waals surface area contributed by atoms with Crippen LogP contribution in [0.25, 0.3) is 22.1 Å². The van der Waals surface area contributed by atoms with Crippen LogP contribution in [0.4, 0.5) is 0 Å². The molecule has 33 heavy (non-hydrogen) atoms. The summed E-state index contributed by atoms with van der Waals surface area (Å²) in [6.07, 6.45) is 9.76. The van der Waals surface area contributed by atoms with Crippen LogP contribution in [0.3, 0.4) is 0 Å². The number of aromatic nitrogens is 5. The smallest absolute Gasteiger partial charge is 0.163 e. The van der Waals surface area contributed by atoms with E-state index in [1.54, 1.807) is 0 Å². The lowest BCUT2D eigenvalue weighted by Gasteiger charge is -2.24. The molecule has 0 unspecified atom stereocenters. The molecule has 0 bridgehead atoms. The van der Waals surface area contributed by atoms with Gasteiger partial charge in [-0.05, 0) is 69.2 Å². The molecule has 172 valence electrons. The maximum Gasteiger partial charge on any atom is 0.163 e. The molecule has 4 aromatic rings. The quantitative estimate of drug-likeness (QED) is 0.385. The minimum absolute atomic E-state index is 0.000732. The van der Waals surface area contributed by atoms with Crippen LogP contribution in [0.5, 0.6) is 0 Å². The fourth-order valence-electron chi connectivity index (χ4n) is 5.72. The van der Waals surface area contributed by atoms with Gasteiger partial charge in [-0.1, -0.05) is 17.7 Å². The topological polar surface area (TPSA) is 67.0 Å². The van der Waals surface area contributed by atoms with Crippen molar-refractivity contribution in [2.75, 3.05) is 0 Å². The second kappa shape index (κ2) is 7.79. The van der Waals surface area contributed by atoms with Gasteiger partial charge in [-0.15, -0.1) is 0 Å². The van der Waals surface area contributed by atoms with Crippen molar-refractivity contribution in [2.24, 2.45) is 13.0 Å². The lowest BCUT2D eigenvalue weighted by atomic mass is 9.96. The first-order chi connectivity index (χ1) is 15.9. The molecule has 0 N–H and O–H groups in total. The van der Waals surface area contributed by atoms with Crippen LogP contribution in [0.15, 0.2) is 43.1 Å². The van der Waals surface area contributed by atoms with Crippen LogP contribution in [-0.4, -0.2) is 42.1 Å². The summed E-state index contributed by atoms with van der Waals surface area (Å²) in [4.78, 5) is 13.1. The predicted octanol–water partition coefficient (Wildman–Crippen LogP) is 5.08. The number of ether oxygens (including phenoxy) is 2. The molecule has 1 aromatic carbocycles. The first-order valence-corrected chi connectivity index (χ1v) is 12.0. The maximum absolute atomic E-state index is 6.41. The summed E-state index contributed by atoms with van der Waals surface area (Å²) in [5.74, 6) is -0.151. The average Bonchev–Trinajstić information content (AvgIpc) is 3.52. The van der Waals surface area contributed by atoms with Crippen molar-refractivity contribution in [2.45, 2.75) is 63.6 Å². The zero-order valence-electron chi connectivity index (χ0n) is 19.1. The number of halogens is 1. The summed E-state index contributed by atoms with van der Waals surface area (Å²) in [6.45, 7) is 4.02. The largest absolute Gasteiger partial charge is 0.344 e. The Hall–Kier alpha value is -2.48. The van der Waals surface area contributed by atoms with Crippen LogP contribution < -0.4 is 0 Å². The van der Waals surface area contributed by atoms with E-state index in [1.807, 2.05) is 33.3 Å². The summed E-state index contributed by atoms with van der Waals surface area (Å²) in [5, 5.41) is 1.36. The Balaban J connectivity index is 1.21. The highest BCUT2D eigenvalue weighted by molar-refractivity contribution is 6.33. The normalized spacial score (nSPS) is 26.4. The summed E-state index contributed by atoms with van der Waals surface area (Å²) in [5.41, 5.74) is 4.42. The van der Waals surface area contributed by atoms with Gasteiger partial charge in [0.1, 0.15) is 23.2 Å². The molecular weight excluding hydrogens is 438 g/mol. The molecule has 1 saturated heterocycles. The van der Waals surface area contributed by atoms with Gasteiger partial charge in [0.05, 0.1) is 34.9 Å². The van der Waals surface area contributed by atoms with Crippen LogP contribution in [0, 0.1) is 5.92 Å². The average molecular weight is 466 g/mol.